The van der Waals surface area contributed by atoms with Gasteiger partial charge in [-0.1, -0.05) is 22.0 Å². The van der Waals surface area contributed by atoms with E-state index in [4.69, 9.17) is 4.74 Å². The van der Waals surface area contributed by atoms with Crippen LogP contribution in [0, 0.1) is 0 Å². The van der Waals surface area contributed by atoms with Crippen molar-refractivity contribution in [3.63, 3.8) is 0 Å². The molecule has 5 heteroatoms. The third kappa shape index (κ3) is 1.63. The number of fused-ring (bicyclic) bond motifs is 1. The van der Waals surface area contributed by atoms with Gasteiger partial charge in [0.1, 0.15) is 0 Å². The fraction of sp³-hybridized carbons (Fsp3) is 0.0909. The normalized spacial score (nSPS) is 17.0. The van der Waals surface area contributed by atoms with Crippen molar-refractivity contribution >= 4 is 33.3 Å². The van der Waals surface area contributed by atoms with Crippen molar-refractivity contribution in [2.45, 2.75) is 0 Å². The number of amides is 2. The van der Waals surface area contributed by atoms with Gasteiger partial charge < -0.3 is 4.74 Å². The average molecular weight is 282 g/mol. The Morgan fingerprint density at radius 2 is 2.06 bits per heavy atom. The molecule has 0 atom stereocenters. The lowest BCUT2D eigenvalue weighted by Gasteiger charge is -2.18. The van der Waals surface area contributed by atoms with Crippen molar-refractivity contribution in [2.24, 2.45) is 0 Å². The number of nitrogens with one attached hydrogen (secondary N) is 1. The smallest absolute Gasteiger partial charge is 0.261 e. The highest BCUT2D eigenvalue weighted by Crippen LogP contribution is 2.30. The van der Waals surface area contributed by atoms with E-state index in [1.54, 1.807) is 18.2 Å². The van der Waals surface area contributed by atoms with E-state index in [0.717, 1.165) is 0 Å². The first-order valence-corrected chi connectivity index (χ1v) is 5.32. The van der Waals surface area contributed by atoms with Crippen molar-refractivity contribution in [3.05, 3.63) is 40.1 Å². The summed E-state index contributed by atoms with van der Waals surface area (Å²) >= 11 is 3.32. The molecule has 1 aromatic carbocycles. The molecule has 2 rings (SSSR count). The van der Waals surface area contributed by atoms with Crippen molar-refractivity contribution in [2.75, 3.05) is 7.11 Å². The van der Waals surface area contributed by atoms with Gasteiger partial charge in [0.2, 0.25) is 0 Å². The van der Waals surface area contributed by atoms with Gasteiger partial charge >= 0.3 is 0 Å². The van der Waals surface area contributed by atoms with Crippen molar-refractivity contribution in [1.82, 2.24) is 5.32 Å². The van der Waals surface area contributed by atoms with Gasteiger partial charge in [0.15, 0.2) is 0 Å². The van der Waals surface area contributed by atoms with Crippen LogP contribution < -0.4 is 5.32 Å². The van der Waals surface area contributed by atoms with Crippen molar-refractivity contribution in [3.8, 4) is 0 Å². The summed E-state index contributed by atoms with van der Waals surface area (Å²) in [5.74, 6) is -0.846. The second kappa shape index (κ2) is 4.09. The predicted molar refractivity (Wildman–Crippen MR) is 61.6 cm³/mol. The SMILES string of the molecule is COC=C1C(=O)NC(=O)c2cccc(Br)c21. The molecule has 0 saturated carbocycles. The number of imide groups is 1. The Hall–Kier alpha value is -1.62. The van der Waals surface area contributed by atoms with Gasteiger partial charge in [0.05, 0.1) is 18.9 Å². The first-order chi connectivity index (χ1) is 7.65. The average Bonchev–Trinajstić information content (AvgIpc) is 2.24. The monoisotopic (exact) mass is 281 g/mol. The summed E-state index contributed by atoms with van der Waals surface area (Å²) in [6.07, 6.45) is 1.32. The van der Waals surface area contributed by atoms with E-state index in [9.17, 15) is 9.59 Å². The molecule has 4 nitrogen and oxygen atoms in total. The molecule has 16 heavy (non-hydrogen) atoms. The van der Waals surface area contributed by atoms with Crippen LogP contribution in [0.25, 0.3) is 5.57 Å². The number of carbonyl (C=O) groups is 2. The Labute approximate surface area is 100 Å². The first-order valence-electron chi connectivity index (χ1n) is 4.52. The van der Waals surface area contributed by atoms with Crippen molar-refractivity contribution in [1.29, 1.82) is 0 Å². The summed E-state index contributed by atoms with van der Waals surface area (Å²) in [6.45, 7) is 0. The number of benzene rings is 1. The molecule has 0 fully saturated rings. The van der Waals surface area contributed by atoms with E-state index in [1.165, 1.54) is 13.4 Å². The quantitative estimate of drug-likeness (QED) is 0.484. The second-order valence-electron chi connectivity index (χ2n) is 3.21. The van der Waals surface area contributed by atoms with Crippen LogP contribution in [0.4, 0.5) is 0 Å². The van der Waals surface area contributed by atoms with E-state index in [2.05, 4.69) is 21.2 Å². The number of carbonyl (C=O) groups excluding carboxylic acids is 2. The maximum absolute atomic E-state index is 11.6. The Bertz CT molecular complexity index is 508. The Kier molecular flexibility index (Phi) is 2.78. The number of methoxy groups -OCH3 is 1. The highest BCUT2D eigenvalue weighted by Gasteiger charge is 2.29. The molecule has 1 aliphatic rings. The highest BCUT2D eigenvalue weighted by molar-refractivity contribution is 9.10. The minimum absolute atomic E-state index is 0.338. The number of hydrogen-bond acceptors (Lipinski definition) is 3. The summed E-state index contributed by atoms with van der Waals surface area (Å²) in [6, 6.07) is 5.17. The van der Waals surface area contributed by atoms with Crippen LogP contribution in [-0.4, -0.2) is 18.9 Å². The van der Waals surface area contributed by atoms with Gasteiger partial charge in [0, 0.05) is 15.6 Å². The summed E-state index contributed by atoms with van der Waals surface area (Å²) < 4.78 is 5.54. The Balaban J connectivity index is 2.71. The van der Waals surface area contributed by atoms with Gasteiger partial charge in [-0.25, -0.2) is 0 Å². The molecule has 0 bridgehead atoms. The number of halogens is 1. The van der Waals surface area contributed by atoms with Crippen LogP contribution in [0.3, 0.4) is 0 Å². The van der Waals surface area contributed by atoms with Crippen LogP contribution in [0.5, 0.6) is 0 Å². The summed E-state index contributed by atoms with van der Waals surface area (Å²) in [4.78, 5) is 23.2. The highest BCUT2D eigenvalue weighted by atomic mass is 79.9. The third-order valence-corrected chi connectivity index (χ3v) is 2.90. The van der Waals surface area contributed by atoms with Crippen LogP contribution >= 0.6 is 15.9 Å². The summed E-state index contributed by atoms with van der Waals surface area (Å²) in [5, 5.41) is 2.25. The number of ether oxygens (including phenoxy) is 1. The predicted octanol–water partition coefficient (Wildman–Crippen LogP) is 1.71. The van der Waals surface area contributed by atoms with Gasteiger partial charge in [-0.2, -0.15) is 0 Å². The molecular weight excluding hydrogens is 274 g/mol. The largest absolute Gasteiger partial charge is 0.504 e. The van der Waals surface area contributed by atoms with E-state index in [1.807, 2.05) is 0 Å². The summed E-state index contributed by atoms with van der Waals surface area (Å²) in [5.41, 5.74) is 1.36. The van der Waals surface area contributed by atoms with E-state index < -0.39 is 11.8 Å². The minimum atomic E-state index is -0.453. The second-order valence-corrected chi connectivity index (χ2v) is 4.07. The molecule has 82 valence electrons. The lowest BCUT2D eigenvalue weighted by molar-refractivity contribution is -0.114. The van der Waals surface area contributed by atoms with E-state index in [-0.39, 0.29) is 0 Å². The fourth-order valence-corrected chi connectivity index (χ4v) is 2.15. The minimum Gasteiger partial charge on any atom is -0.504 e. The van der Waals surface area contributed by atoms with Gasteiger partial charge in [0.25, 0.3) is 11.8 Å². The molecule has 0 radical (unpaired) electrons. The summed E-state index contributed by atoms with van der Waals surface area (Å²) in [7, 11) is 1.45. The lowest BCUT2D eigenvalue weighted by atomic mass is 9.96. The van der Waals surface area contributed by atoms with Gasteiger partial charge in [-0.15, -0.1) is 0 Å². The fourth-order valence-electron chi connectivity index (χ4n) is 1.57. The molecule has 0 aromatic heterocycles. The Morgan fingerprint density at radius 1 is 1.31 bits per heavy atom. The molecule has 0 aliphatic carbocycles. The van der Waals surface area contributed by atoms with Gasteiger partial charge in [-0.05, 0) is 12.1 Å². The zero-order valence-corrected chi connectivity index (χ0v) is 10.00. The molecule has 1 aromatic rings. The molecule has 1 heterocycles. The first kappa shape index (κ1) is 10.9. The lowest BCUT2D eigenvalue weighted by Crippen LogP contribution is -2.36. The van der Waals surface area contributed by atoms with Crippen LogP contribution in [0.1, 0.15) is 15.9 Å². The molecular formula is C11H8BrNO3. The molecule has 2 amide bonds. The van der Waals surface area contributed by atoms with Crippen LogP contribution in [-0.2, 0) is 9.53 Å². The topological polar surface area (TPSA) is 55.4 Å². The number of hydrogen-bond donors (Lipinski definition) is 1. The maximum Gasteiger partial charge on any atom is 0.261 e. The molecule has 0 saturated heterocycles. The number of rotatable bonds is 1. The zero-order chi connectivity index (χ0) is 11.7. The van der Waals surface area contributed by atoms with Crippen LogP contribution in [0.2, 0.25) is 0 Å². The standard InChI is InChI=1S/C11H8BrNO3/c1-16-5-7-9-6(3-2-4-8(9)12)10(14)13-11(7)15/h2-5H,1H3,(H,13,14,15). The molecule has 0 spiro atoms. The van der Waals surface area contributed by atoms with Gasteiger partial charge in [-0.3, -0.25) is 14.9 Å². The molecule has 1 aliphatic heterocycles. The maximum atomic E-state index is 11.6. The molecule has 1 N–H and O–H groups in total. The van der Waals surface area contributed by atoms with E-state index in [0.29, 0.717) is 21.2 Å². The van der Waals surface area contributed by atoms with Crippen molar-refractivity contribution < 1.29 is 14.3 Å². The van der Waals surface area contributed by atoms with Crippen LogP contribution in [0.15, 0.2) is 28.9 Å². The van der Waals surface area contributed by atoms with E-state index >= 15 is 0 Å². The Morgan fingerprint density at radius 3 is 2.75 bits per heavy atom. The third-order valence-electron chi connectivity index (χ3n) is 2.23. The molecule has 0 unspecified atom stereocenters. The zero-order valence-electron chi connectivity index (χ0n) is 8.41.